The molecule has 0 bridgehead atoms. The van der Waals surface area contributed by atoms with E-state index in [0.29, 0.717) is 22.3 Å². The van der Waals surface area contributed by atoms with Gasteiger partial charge >= 0.3 is 0 Å². The van der Waals surface area contributed by atoms with Crippen molar-refractivity contribution in [2.24, 2.45) is 5.73 Å². The molecule has 0 spiro atoms. The SMILES string of the molecule is COc1ccc(C(N)c2cc(Cl)c(Br)s2)c(OC)c1OC. The molecule has 114 valence electrons. The van der Waals surface area contributed by atoms with Crippen LogP contribution in [-0.2, 0) is 0 Å². The van der Waals surface area contributed by atoms with Gasteiger partial charge < -0.3 is 19.9 Å². The molecule has 7 heteroatoms. The first-order chi connectivity index (χ1) is 10.0. The number of thiophene rings is 1. The number of hydrogen-bond donors (Lipinski definition) is 1. The van der Waals surface area contributed by atoms with Crippen molar-refractivity contribution in [3.8, 4) is 17.2 Å². The Morgan fingerprint density at radius 3 is 2.29 bits per heavy atom. The monoisotopic (exact) mass is 391 g/mol. The summed E-state index contributed by atoms with van der Waals surface area (Å²) in [6.45, 7) is 0. The molecular formula is C14H15BrClNO3S. The first-order valence-electron chi connectivity index (χ1n) is 6.02. The van der Waals surface area contributed by atoms with Crippen LogP contribution in [0.4, 0.5) is 0 Å². The van der Waals surface area contributed by atoms with E-state index in [1.54, 1.807) is 27.4 Å². The molecule has 0 aliphatic rings. The van der Waals surface area contributed by atoms with Gasteiger partial charge in [-0.15, -0.1) is 11.3 Å². The van der Waals surface area contributed by atoms with Crippen LogP contribution >= 0.6 is 38.9 Å². The molecule has 0 saturated carbocycles. The second-order valence-corrected chi connectivity index (χ2v) is 6.98. The number of methoxy groups -OCH3 is 3. The lowest BCUT2D eigenvalue weighted by Crippen LogP contribution is -2.12. The summed E-state index contributed by atoms with van der Waals surface area (Å²) in [6.07, 6.45) is 0. The number of ether oxygens (including phenoxy) is 3. The van der Waals surface area contributed by atoms with Crippen molar-refractivity contribution in [1.29, 1.82) is 0 Å². The van der Waals surface area contributed by atoms with Crippen molar-refractivity contribution in [3.63, 3.8) is 0 Å². The van der Waals surface area contributed by atoms with Gasteiger partial charge in [-0.2, -0.15) is 0 Å². The van der Waals surface area contributed by atoms with Crippen molar-refractivity contribution < 1.29 is 14.2 Å². The van der Waals surface area contributed by atoms with E-state index in [-0.39, 0.29) is 6.04 Å². The van der Waals surface area contributed by atoms with Gasteiger partial charge in [-0.3, -0.25) is 0 Å². The van der Waals surface area contributed by atoms with Crippen LogP contribution in [0.25, 0.3) is 0 Å². The molecule has 2 N–H and O–H groups in total. The number of nitrogens with two attached hydrogens (primary N) is 1. The van der Waals surface area contributed by atoms with E-state index < -0.39 is 0 Å². The molecule has 0 amide bonds. The average molecular weight is 393 g/mol. The zero-order valence-corrected chi connectivity index (χ0v) is 14.9. The third-order valence-corrected chi connectivity index (χ3v) is 5.60. The summed E-state index contributed by atoms with van der Waals surface area (Å²) in [5.74, 6) is 1.68. The maximum absolute atomic E-state index is 6.34. The number of benzene rings is 1. The lowest BCUT2D eigenvalue weighted by Gasteiger charge is -2.19. The molecule has 21 heavy (non-hydrogen) atoms. The highest BCUT2D eigenvalue weighted by Gasteiger charge is 2.22. The van der Waals surface area contributed by atoms with E-state index in [9.17, 15) is 0 Å². The zero-order chi connectivity index (χ0) is 15.6. The molecule has 2 rings (SSSR count). The van der Waals surface area contributed by atoms with E-state index in [4.69, 9.17) is 31.5 Å². The van der Waals surface area contributed by atoms with Crippen LogP contribution < -0.4 is 19.9 Å². The fourth-order valence-electron chi connectivity index (χ4n) is 2.04. The molecule has 1 aromatic carbocycles. The Morgan fingerprint density at radius 2 is 1.81 bits per heavy atom. The van der Waals surface area contributed by atoms with Gasteiger partial charge in [0.2, 0.25) is 5.75 Å². The molecule has 0 aliphatic carbocycles. The predicted octanol–water partition coefficient (Wildman–Crippen LogP) is 4.24. The van der Waals surface area contributed by atoms with Crippen molar-refractivity contribution >= 4 is 38.9 Å². The molecular weight excluding hydrogens is 378 g/mol. The average Bonchev–Trinajstić information content (AvgIpc) is 2.84. The third kappa shape index (κ3) is 3.13. The molecule has 0 fully saturated rings. The maximum Gasteiger partial charge on any atom is 0.203 e. The zero-order valence-electron chi connectivity index (χ0n) is 11.8. The molecule has 0 saturated heterocycles. The fraction of sp³-hybridized carbons (Fsp3) is 0.286. The van der Waals surface area contributed by atoms with Crippen molar-refractivity contribution in [1.82, 2.24) is 0 Å². The summed E-state index contributed by atoms with van der Waals surface area (Å²) in [5.41, 5.74) is 7.15. The highest BCUT2D eigenvalue weighted by Crippen LogP contribution is 2.44. The number of hydrogen-bond acceptors (Lipinski definition) is 5. The van der Waals surface area contributed by atoms with E-state index >= 15 is 0 Å². The first kappa shape index (κ1) is 16.4. The van der Waals surface area contributed by atoms with Gasteiger partial charge in [0.25, 0.3) is 0 Å². The molecule has 4 nitrogen and oxygen atoms in total. The summed E-state index contributed by atoms with van der Waals surface area (Å²) < 4.78 is 17.0. The first-order valence-corrected chi connectivity index (χ1v) is 8.01. The van der Waals surface area contributed by atoms with Gasteiger partial charge in [-0.1, -0.05) is 11.6 Å². The largest absolute Gasteiger partial charge is 0.493 e. The normalized spacial score (nSPS) is 12.1. The van der Waals surface area contributed by atoms with Crippen LogP contribution in [-0.4, -0.2) is 21.3 Å². The molecule has 0 radical (unpaired) electrons. The Morgan fingerprint density at radius 1 is 1.14 bits per heavy atom. The smallest absolute Gasteiger partial charge is 0.203 e. The van der Waals surface area contributed by atoms with Crippen molar-refractivity contribution in [2.75, 3.05) is 21.3 Å². The molecule has 0 aliphatic heterocycles. The summed E-state index contributed by atoms with van der Waals surface area (Å²) in [4.78, 5) is 0.928. The minimum atomic E-state index is -0.367. The molecule has 2 aromatic rings. The lowest BCUT2D eigenvalue weighted by atomic mass is 10.0. The summed E-state index contributed by atoms with van der Waals surface area (Å²) in [7, 11) is 4.71. The van der Waals surface area contributed by atoms with Crippen LogP contribution in [0.15, 0.2) is 22.0 Å². The molecule has 1 unspecified atom stereocenters. The lowest BCUT2D eigenvalue weighted by molar-refractivity contribution is 0.321. The van der Waals surface area contributed by atoms with E-state index in [1.807, 2.05) is 12.1 Å². The quantitative estimate of drug-likeness (QED) is 0.827. The van der Waals surface area contributed by atoms with Crippen molar-refractivity contribution in [3.05, 3.63) is 37.4 Å². The minimum absolute atomic E-state index is 0.367. The van der Waals surface area contributed by atoms with Crippen LogP contribution in [0.3, 0.4) is 0 Å². The van der Waals surface area contributed by atoms with Gasteiger partial charge in [0.1, 0.15) is 0 Å². The minimum Gasteiger partial charge on any atom is -0.493 e. The van der Waals surface area contributed by atoms with Crippen molar-refractivity contribution in [2.45, 2.75) is 6.04 Å². The third-order valence-electron chi connectivity index (χ3n) is 3.04. The molecule has 1 atom stereocenters. The Hall–Kier alpha value is -0.950. The van der Waals surface area contributed by atoms with E-state index in [1.165, 1.54) is 11.3 Å². The Bertz CT molecular complexity index is 628. The van der Waals surface area contributed by atoms with Gasteiger partial charge in [-0.25, -0.2) is 0 Å². The van der Waals surface area contributed by atoms with Gasteiger partial charge in [0.15, 0.2) is 11.5 Å². The standard InChI is InChI=1S/C14H15BrClNO3S/c1-18-9-5-4-7(12(19-2)13(9)20-3)11(17)10-6-8(16)14(15)21-10/h4-6,11H,17H2,1-3H3. The Labute approximate surface area is 140 Å². The van der Waals surface area contributed by atoms with E-state index in [2.05, 4.69) is 15.9 Å². The highest BCUT2D eigenvalue weighted by molar-refractivity contribution is 9.11. The van der Waals surface area contributed by atoms with Gasteiger partial charge in [0, 0.05) is 10.4 Å². The summed E-state index contributed by atoms with van der Waals surface area (Å²) in [6, 6.07) is 5.15. The second-order valence-electron chi connectivity index (χ2n) is 4.17. The Kier molecular flexibility index (Phi) is 5.37. The van der Waals surface area contributed by atoms with Crippen LogP contribution in [0.1, 0.15) is 16.5 Å². The second kappa shape index (κ2) is 6.87. The number of halogens is 2. The van der Waals surface area contributed by atoms with Crippen LogP contribution in [0.2, 0.25) is 5.02 Å². The fourth-order valence-corrected chi connectivity index (χ4v) is 3.81. The summed E-state index contributed by atoms with van der Waals surface area (Å²) >= 11 is 11.0. The van der Waals surface area contributed by atoms with Crippen LogP contribution in [0, 0.1) is 0 Å². The number of rotatable bonds is 5. The van der Waals surface area contributed by atoms with Gasteiger partial charge in [-0.05, 0) is 34.1 Å². The molecule has 1 heterocycles. The Balaban J connectivity index is 2.52. The van der Waals surface area contributed by atoms with E-state index in [0.717, 1.165) is 14.2 Å². The molecule has 1 aromatic heterocycles. The summed E-state index contributed by atoms with van der Waals surface area (Å²) in [5, 5.41) is 0.643. The maximum atomic E-state index is 6.34. The van der Waals surface area contributed by atoms with Gasteiger partial charge in [0.05, 0.1) is 36.2 Å². The topological polar surface area (TPSA) is 53.7 Å². The predicted molar refractivity (Wildman–Crippen MR) is 89.2 cm³/mol. The highest BCUT2D eigenvalue weighted by atomic mass is 79.9. The van der Waals surface area contributed by atoms with Crippen LogP contribution in [0.5, 0.6) is 17.2 Å².